The quantitative estimate of drug-likeness (QED) is 0.848. The average molecular weight is 302 g/mol. The third kappa shape index (κ3) is 3.90. The van der Waals surface area contributed by atoms with Crippen LogP contribution < -0.4 is 0 Å². The van der Waals surface area contributed by atoms with Crippen LogP contribution in [0.5, 0.6) is 0 Å². The first-order valence-electron chi connectivity index (χ1n) is 7.48. The van der Waals surface area contributed by atoms with Gasteiger partial charge in [-0.2, -0.15) is 0 Å². The van der Waals surface area contributed by atoms with Gasteiger partial charge in [0.1, 0.15) is 0 Å². The maximum Gasteiger partial charge on any atom is 0.307 e. The van der Waals surface area contributed by atoms with Crippen molar-refractivity contribution in [2.24, 2.45) is 18.9 Å². The van der Waals surface area contributed by atoms with E-state index in [1.165, 1.54) is 0 Å². The van der Waals surface area contributed by atoms with Crippen LogP contribution in [0.25, 0.3) is 0 Å². The van der Waals surface area contributed by atoms with E-state index in [1.807, 2.05) is 44.2 Å². The smallest absolute Gasteiger partial charge is 0.307 e. The topological polar surface area (TPSA) is 80.9 Å². The minimum absolute atomic E-state index is 0.248. The van der Waals surface area contributed by atoms with Gasteiger partial charge < -0.3 is 5.11 Å². The van der Waals surface area contributed by atoms with Crippen LogP contribution in [-0.4, -0.2) is 31.3 Å². The van der Waals surface area contributed by atoms with Gasteiger partial charge in [-0.15, -0.1) is 5.10 Å². The predicted molar refractivity (Wildman–Crippen MR) is 82.3 cm³/mol. The third-order valence-corrected chi connectivity index (χ3v) is 3.81. The predicted octanol–water partition coefficient (Wildman–Crippen LogP) is 2.28. The number of rotatable bonds is 7. The minimum Gasteiger partial charge on any atom is -0.481 e. The number of benzene rings is 1. The van der Waals surface area contributed by atoms with Crippen LogP contribution in [0.2, 0.25) is 0 Å². The van der Waals surface area contributed by atoms with Crippen LogP contribution in [0.1, 0.15) is 37.6 Å². The van der Waals surface area contributed by atoms with Crippen molar-refractivity contribution in [3.63, 3.8) is 0 Å². The summed E-state index contributed by atoms with van der Waals surface area (Å²) >= 11 is 0. The largest absolute Gasteiger partial charge is 0.481 e. The van der Waals surface area contributed by atoms with E-state index in [0.29, 0.717) is 24.6 Å². The molecule has 0 fully saturated rings. The second kappa shape index (κ2) is 7.15. The Labute approximate surface area is 130 Å². The Morgan fingerprint density at radius 2 is 1.95 bits per heavy atom. The first-order valence-corrected chi connectivity index (χ1v) is 7.48. The van der Waals surface area contributed by atoms with E-state index in [1.54, 1.807) is 11.7 Å². The fourth-order valence-corrected chi connectivity index (χ4v) is 2.78. The van der Waals surface area contributed by atoms with Gasteiger partial charge in [-0.3, -0.25) is 4.79 Å². The van der Waals surface area contributed by atoms with Gasteiger partial charge in [0, 0.05) is 13.0 Å². The van der Waals surface area contributed by atoms with E-state index in [9.17, 15) is 9.90 Å². The van der Waals surface area contributed by atoms with Crippen molar-refractivity contribution in [1.29, 1.82) is 0 Å². The van der Waals surface area contributed by atoms with Crippen molar-refractivity contribution in [3.8, 4) is 0 Å². The molecule has 22 heavy (non-hydrogen) atoms. The summed E-state index contributed by atoms with van der Waals surface area (Å²) in [4.78, 5) is 11.8. The molecule has 2 rings (SSSR count). The number of carboxylic acid groups (broad SMARTS) is 1. The van der Waals surface area contributed by atoms with Crippen molar-refractivity contribution >= 4 is 5.97 Å². The monoisotopic (exact) mass is 302 g/mol. The second-order valence-corrected chi connectivity index (χ2v) is 6.03. The SMILES string of the molecule is CC(C)C[C@@H](C(=O)O)[C@@H](Cc1ccccc1)c1nnnn1C. The Morgan fingerprint density at radius 1 is 1.27 bits per heavy atom. The first kappa shape index (κ1) is 16.1. The molecule has 1 aromatic heterocycles. The summed E-state index contributed by atoms with van der Waals surface area (Å²) in [5.41, 5.74) is 1.09. The number of nitrogens with zero attached hydrogens (tertiary/aromatic N) is 4. The summed E-state index contributed by atoms with van der Waals surface area (Å²) in [6.07, 6.45) is 1.21. The fourth-order valence-electron chi connectivity index (χ4n) is 2.78. The number of aryl methyl sites for hydroxylation is 1. The van der Waals surface area contributed by atoms with Gasteiger partial charge in [-0.1, -0.05) is 44.2 Å². The minimum atomic E-state index is -0.794. The summed E-state index contributed by atoms with van der Waals surface area (Å²) in [7, 11) is 1.75. The number of aromatic nitrogens is 4. The standard InChI is InChI=1S/C16H22N4O2/c1-11(2)9-14(16(21)22)13(15-17-18-19-20(15)3)10-12-7-5-4-6-8-12/h4-8,11,13-14H,9-10H2,1-3H3,(H,21,22)/t13-,14-/m1/s1. The summed E-state index contributed by atoms with van der Waals surface area (Å²) in [6.45, 7) is 4.06. The van der Waals surface area contributed by atoms with Crippen LogP contribution in [0.3, 0.4) is 0 Å². The van der Waals surface area contributed by atoms with Crippen molar-refractivity contribution in [1.82, 2.24) is 20.2 Å². The number of aliphatic carboxylic acids is 1. The molecular weight excluding hydrogens is 280 g/mol. The highest BCUT2D eigenvalue weighted by molar-refractivity contribution is 5.71. The van der Waals surface area contributed by atoms with Crippen LogP contribution in [0.4, 0.5) is 0 Å². The van der Waals surface area contributed by atoms with E-state index < -0.39 is 11.9 Å². The van der Waals surface area contributed by atoms with Crippen LogP contribution >= 0.6 is 0 Å². The van der Waals surface area contributed by atoms with Crippen molar-refractivity contribution in [2.45, 2.75) is 32.6 Å². The molecular formula is C16H22N4O2. The zero-order valence-corrected chi connectivity index (χ0v) is 13.2. The molecule has 1 heterocycles. The second-order valence-electron chi connectivity index (χ2n) is 6.03. The molecule has 6 nitrogen and oxygen atoms in total. The Kier molecular flexibility index (Phi) is 5.25. The van der Waals surface area contributed by atoms with E-state index >= 15 is 0 Å². The normalized spacial score (nSPS) is 14.0. The van der Waals surface area contributed by atoms with Gasteiger partial charge in [0.2, 0.25) is 0 Å². The van der Waals surface area contributed by atoms with E-state index in [2.05, 4.69) is 15.5 Å². The molecule has 1 N–H and O–H groups in total. The molecule has 0 aliphatic heterocycles. The molecule has 1 aromatic carbocycles. The van der Waals surface area contributed by atoms with Crippen LogP contribution in [0, 0.1) is 11.8 Å². The summed E-state index contributed by atoms with van der Waals surface area (Å²) in [5.74, 6) is -0.637. The van der Waals surface area contributed by atoms with Gasteiger partial charge in [-0.05, 0) is 34.7 Å². The zero-order valence-electron chi connectivity index (χ0n) is 13.2. The lowest BCUT2D eigenvalue weighted by Crippen LogP contribution is -2.27. The van der Waals surface area contributed by atoms with Crippen molar-refractivity contribution < 1.29 is 9.90 Å². The number of hydrogen-bond acceptors (Lipinski definition) is 4. The number of hydrogen-bond donors (Lipinski definition) is 1. The van der Waals surface area contributed by atoms with Gasteiger partial charge in [-0.25, -0.2) is 4.68 Å². The molecule has 0 aliphatic rings. The Bertz CT molecular complexity index is 610. The molecule has 0 aliphatic carbocycles. The molecule has 0 spiro atoms. The van der Waals surface area contributed by atoms with Crippen LogP contribution in [0.15, 0.2) is 30.3 Å². The molecule has 6 heteroatoms. The fraction of sp³-hybridized carbons (Fsp3) is 0.500. The van der Waals surface area contributed by atoms with E-state index in [4.69, 9.17) is 0 Å². The molecule has 0 saturated carbocycles. The number of tetrazole rings is 1. The van der Waals surface area contributed by atoms with Crippen LogP contribution in [-0.2, 0) is 18.3 Å². The highest BCUT2D eigenvalue weighted by Crippen LogP contribution is 2.31. The van der Waals surface area contributed by atoms with Crippen molar-refractivity contribution in [2.75, 3.05) is 0 Å². The molecule has 118 valence electrons. The lowest BCUT2D eigenvalue weighted by molar-refractivity contribution is -0.143. The lowest BCUT2D eigenvalue weighted by Gasteiger charge is -2.24. The number of carboxylic acids is 1. The molecule has 0 unspecified atom stereocenters. The third-order valence-electron chi connectivity index (χ3n) is 3.81. The highest BCUT2D eigenvalue weighted by atomic mass is 16.4. The van der Waals surface area contributed by atoms with Gasteiger partial charge in [0.05, 0.1) is 5.92 Å². The van der Waals surface area contributed by atoms with E-state index in [0.717, 1.165) is 5.56 Å². The maximum atomic E-state index is 11.8. The first-order chi connectivity index (χ1) is 10.5. The average Bonchev–Trinajstić information content (AvgIpc) is 2.89. The molecule has 2 aromatic rings. The number of carbonyl (C=O) groups is 1. The summed E-state index contributed by atoms with van der Waals surface area (Å²) < 4.78 is 1.57. The van der Waals surface area contributed by atoms with Gasteiger partial charge in [0.25, 0.3) is 0 Å². The summed E-state index contributed by atoms with van der Waals surface area (Å²) in [5, 5.41) is 21.3. The van der Waals surface area contributed by atoms with Gasteiger partial charge >= 0.3 is 5.97 Å². The maximum absolute atomic E-state index is 11.8. The highest BCUT2D eigenvalue weighted by Gasteiger charge is 2.33. The van der Waals surface area contributed by atoms with Gasteiger partial charge in [0.15, 0.2) is 5.82 Å². The van der Waals surface area contributed by atoms with E-state index in [-0.39, 0.29) is 5.92 Å². The molecule has 0 saturated heterocycles. The lowest BCUT2D eigenvalue weighted by atomic mass is 9.81. The molecule has 0 bridgehead atoms. The summed E-state index contributed by atoms with van der Waals surface area (Å²) in [6, 6.07) is 9.88. The molecule has 0 amide bonds. The molecule has 0 radical (unpaired) electrons. The Hall–Kier alpha value is -2.24. The Balaban J connectivity index is 2.36. The Morgan fingerprint density at radius 3 is 2.45 bits per heavy atom. The molecule has 2 atom stereocenters. The van der Waals surface area contributed by atoms with Crippen molar-refractivity contribution in [3.05, 3.63) is 41.7 Å². The zero-order chi connectivity index (χ0) is 16.1.